The van der Waals surface area contributed by atoms with E-state index in [1.807, 2.05) is 0 Å². The zero-order chi connectivity index (χ0) is 24.3. The molecule has 0 radical (unpaired) electrons. The number of nitrogens with zero attached hydrogens (tertiary/aromatic N) is 4. The van der Waals surface area contributed by atoms with Crippen LogP contribution in [0, 0.1) is 0 Å². The predicted octanol–water partition coefficient (Wildman–Crippen LogP) is -0.0234. The second kappa shape index (κ2) is 9.73. The summed E-state index contributed by atoms with van der Waals surface area (Å²) in [5, 5.41) is 0. The zero-order valence-electron chi connectivity index (χ0n) is 18.3. The number of carbonyl (C=O) groups is 4. The minimum atomic E-state index is -1.15. The van der Waals surface area contributed by atoms with Gasteiger partial charge in [-0.25, -0.2) is 9.97 Å². The number of fused-ring (bicyclic) bond motifs is 1. The summed E-state index contributed by atoms with van der Waals surface area (Å²) in [6.45, 7) is 4.61. The molecule has 33 heavy (non-hydrogen) atoms. The molecule has 0 aromatic carbocycles. The van der Waals surface area contributed by atoms with E-state index in [2.05, 4.69) is 9.97 Å². The van der Waals surface area contributed by atoms with Crippen molar-refractivity contribution in [3.63, 3.8) is 0 Å². The zero-order valence-corrected chi connectivity index (χ0v) is 18.3. The SMILES string of the molecule is CC(=O)/C=C/n1cnc2c(ncn2[C@@H]2O[C@H](COC(C)=O)[C@@H](OC(C)=O)[C@H]2OC(C)=O)c1=O. The van der Waals surface area contributed by atoms with Gasteiger partial charge in [-0.15, -0.1) is 0 Å². The molecule has 1 aliphatic heterocycles. The van der Waals surface area contributed by atoms with Crippen LogP contribution in [0.4, 0.5) is 0 Å². The van der Waals surface area contributed by atoms with E-state index in [0.717, 1.165) is 4.57 Å². The van der Waals surface area contributed by atoms with Crippen LogP contribution in [-0.4, -0.2) is 67.7 Å². The molecule has 2 aromatic rings. The molecule has 0 bridgehead atoms. The van der Waals surface area contributed by atoms with Gasteiger partial charge in [0.25, 0.3) is 5.56 Å². The van der Waals surface area contributed by atoms with Gasteiger partial charge in [-0.1, -0.05) is 0 Å². The van der Waals surface area contributed by atoms with E-state index in [4.69, 9.17) is 18.9 Å². The van der Waals surface area contributed by atoms with E-state index in [0.29, 0.717) is 0 Å². The Morgan fingerprint density at radius 1 is 1.00 bits per heavy atom. The third kappa shape index (κ3) is 5.31. The molecule has 0 amide bonds. The average Bonchev–Trinajstić information content (AvgIpc) is 3.27. The molecule has 4 atom stereocenters. The van der Waals surface area contributed by atoms with Gasteiger partial charge < -0.3 is 18.9 Å². The fraction of sp³-hybridized carbons (Fsp3) is 0.450. The number of aromatic nitrogens is 4. The largest absolute Gasteiger partial charge is 0.463 e. The summed E-state index contributed by atoms with van der Waals surface area (Å²) >= 11 is 0. The Labute approximate surface area is 186 Å². The second-order valence-corrected chi connectivity index (χ2v) is 7.22. The standard InChI is InChI=1S/C20H22N4O9/c1-10(25)5-6-23-8-22-18-15(19(23)29)21-9-24(18)20-17(32-13(4)28)16(31-12(3)27)14(33-20)7-30-11(2)26/h5-6,8-9,14,16-17,20H,7H2,1-4H3/b6-5+/t14-,16-,17-,20-/m1/s1. The van der Waals surface area contributed by atoms with Crippen LogP contribution in [0.3, 0.4) is 0 Å². The van der Waals surface area contributed by atoms with Crippen LogP contribution >= 0.6 is 0 Å². The quantitative estimate of drug-likeness (QED) is 0.309. The van der Waals surface area contributed by atoms with Gasteiger partial charge in [0, 0.05) is 27.0 Å². The molecule has 1 aliphatic rings. The molecule has 13 heteroatoms. The third-order valence-electron chi connectivity index (χ3n) is 4.59. The molecular formula is C20H22N4O9. The lowest BCUT2D eigenvalue weighted by molar-refractivity contribution is -0.166. The van der Waals surface area contributed by atoms with Crippen molar-refractivity contribution < 1.29 is 38.1 Å². The lowest BCUT2D eigenvalue weighted by atomic mass is 10.1. The molecule has 0 saturated carbocycles. The number of allylic oxidation sites excluding steroid dienone is 1. The third-order valence-corrected chi connectivity index (χ3v) is 4.59. The fourth-order valence-corrected chi connectivity index (χ4v) is 3.32. The first-order chi connectivity index (χ1) is 15.6. The molecule has 0 spiro atoms. The first-order valence-corrected chi connectivity index (χ1v) is 9.84. The van der Waals surface area contributed by atoms with Crippen molar-refractivity contribution in [1.29, 1.82) is 0 Å². The van der Waals surface area contributed by atoms with Gasteiger partial charge in [0.2, 0.25) is 0 Å². The van der Waals surface area contributed by atoms with E-state index in [1.54, 1.807) is 0 Å². The lowest BCUT2D eigenvalue weighted by Crippen LogP contribution is -2.40. The first kappa shape index (κ1) is 23.8. The number of carbonyl (C=O) groups excluding carboxylic acids is 4. The van der Waals surface area contributed by atoms with Crippen LogP contribution in [-0.2, 0) is 38.1 Å². The van der Waals surface area contributed by atoms with Crippen LogP contribution in [0.15, 0.2) is 23.5 Å². The van der Waals surface area contributed by atoms with Crippen molar-refractivity contribution in [1.82, 2.24) is 19.1 Å². The maximum absolute atomic E-state index is 12.7. The van der Waals surface area contributed by atoms with E-state index in [-0.39, 0.29) is 23.6 Å². The molecule has 1 saturated heterocycles. The van der Waals surface area contributed by atoms with Crippen LogP contribution in [0.25, 0.3) is 17.4 Å². The number of esters is 3. The minimum absolute atomic E-state index is 0.0386. The van der Waals surface area contributed by atoms with Gasteiger partial charge in [-0.3, -0.25) is 33.1 Å². The molecule has 2 aromatic heterocycles. The van der Waals surface area contributed by atoms with Crippen molar-refractivity contribution in [2.75, 3.05) is 6.61 Å². The van der Waals surface area contributed by atoms with Gasteiger partial charge in [-0.05, 0) is 13.0 Å². The Balaban J connectivity index is 2.04. The van der Waals surface area contributed by atoms with Crippen molar-refractivity contribution >= 4 is 41.1 Å². The van der Waals surface area contributed by atoms with Crippen LogP contribution in [0.2, 0.25) is 0 Å². The van der Waals surface area contributed by atoms with E-state index < -0.39 is 48.0 Å². The van der Waals surface area contributed by atoms with Gasteiger partial charge >= 0.3 is 17.9 Å². The number of ether oxygens (including phenoxy) is 4. The molecule has 176 valence electrons. The molecule has 1 fully saturated rings. The number of hydrogen-bond donors (Lipinski definition) is 0. The Hall–Kier alpha value is -3.87. The van der Waals surface area contributed by atoms with Crippen LogP contribution in [0.5, 0.6) is 0 Å². The van der Waals surface area contributed by atoms with Crippen molar-refractivity contribution in [3.05, 3.63) is 29.1 Å². The summed E-state index contributed by atoms with van der Waals surface area (Å²) in [4.78, 5) is 66.9. The highest BCUT2D eigenvalue weighted by molar-refractivity contribution is 5.89. The topological polar surface area (TPSA) is 158 Å². The highest BCUT2D eigenvalue weighted by Crippen LogP contribution is 2.35. The molecule has 3 rings (SSSR count). The Kier molecular flexibility index (Phi) is 7.01. The number of rotatable bonds is 7. The minimum Gasteiger partial charge on any atom is -0.463 e. The summed E-state index contributed by atoms with van der Waals surface area (Å²) in [5.74, 6) is -2.18. The summed E-state index contributed by atoms with van der Waals surface area (Å²) in [5.41, 5.74) is -0.487. The lowest BCUT2D eigenvalue weighted by Gasteiger charge is -2.23. The van der Waals surface area contributed by atoms with E-state index >= 15 is 0 Å². The van der Waals surface area contributed by atoms with E-state index in [1.165, 1.54) is 57.2 Å². The maximum atomic E-state index is 12.7. The van der Waals surface area contributed by atoms with Crippen molar-refractivity contribution in [2.45, 2.75) is 52.2 Å². The molecule has 0 unspecified atom stereocenters. The molecule has 13 nitrogen and oxygen atoms in total. The molecular weight excluding hydrogens is 440 g/mol. The first-order valence-electron chi connectivity index (χ1n) is 9.84. The second-order valence-electron chi connectivity index (χ2n) is 7.22. The molecule has 0 aliphatic carbocycles. The fourth-order valence-electron chi connectivity index (χ4n) is 3.32. The summed E-state index contributed by atoms with van der Waals surface area (Å²) in [7, 11) is 0. The van der Waals surface area contributed by atoms with Gasteiger partial charge in [0.05, 0.1) is 6.33 Å². The monoisotopic (exact) mass is 462 g/mol. The highest BCUT2D eigenvalue weighted by atomic mass is 16.7. The van der Waals surface area contributed by atoms with Gasteiger partial charge in [0.15, 0.2) is 35.4 Å². The van der Waals surface area contributed by atoms with Crippen LogP contribution in [0.1, 0.15) is 33.9 Å². The van der Waals surface area contributed by atoms with E-state index in [9.17, 15) is 24.0 Å². The average molecular weight is 462 g/mol. The smallest absolute Gasteiger partial charge is 0.303 e. The van der Waals surface area contributed by atoms with Gasteiger partial charge in [0.1, 0.15) is 19.0 Å². The number of hydrogen-bond acceptors (Lipinski definition) is 11. The Bertz CT molecular complexity index is 1180. The van der Waals surface area contributed by atoms with Crippen molar-refractivity contribution in [2.24, 2.45) is 0 Å². The maximum Gasteiger partial charge on any atom is 0.303 e. The number of imidazole rings is 1. The summed E-state index contributed by atoms with van der Waals surface area (Å²) < 4.78 is 24.1. The molecule has 0 N–H and O–H groups in total. The van der Waals surface area contributed by atoms with Crippen LogP contribution < -0.4 is 5.56 Å². The predicted molar refractivity (Wildman–Crippen MR) is 109 cm³/mol. The Morgan fingerprint density at radius 2 is 1.67 bits per heavy atom. The summed E-state index contributed by atoms with van der Waals surface area (Å²) in [6.07, 6.45) is 0.596. The normalized spacial score (nSPS) is 22.4. The Morgan fingerprint density at radius 3 is 2.27 bits per heavy atom. The number of ketones is 1. The van der Waals surface area contributed by atoms with Crippen molar-refractivity contribution in [3.8, 4) is 0 Å². The molecule has 3 heterocycles. The summed E-state index contributed by atoms with van der Waals surface area (Å²) in [6, 6.07) is 0. The van der Waals surface area contributed by atoms with Gasteiger partial charge in [-0.2, -0.15) is 0 Å². The highest BCUT2D eigenvalue weighted by Gasteiger charge is 2.51.